The van der Waals surface area contributed by atoms with Crippen molar-refractivity contribution in [3.8, 4) is 0 Å². The van der Waals surface area contributed by atoms with Crippen molar-refractivity contribution in [2.75, 3.05) is 13.1 Å². The third kappa shape index (κ3) is 3.59. The van der Waals surface area contributed by atoms with E-state index in [0.29, 0.717) is 11.8 Å². The molecule has 1 saturated heterocycles. The molecule has 1 atom stereocenters. The first-order valence-electron chi connectivity index (χ1n) is 9.41. The molecule has 0 bridgehead atoms. The van der Waals surface area contributed by atoms with E-state index in [1.54, 1.807) is 0 Å². The number of hydrogen-bond acceptors (Lipinski definition) is 2. The minimum absolute atomic E-state index is 0.106. The maximum atomic E-state index is 13.0. The van der Waals surface area contributed by atoms with Crippen LogP contribution >= 0.6 is 0 Å². The first kappa shape index (κ1) is 18.0. The van der Waals surface area contributed by atoms with Crippen molar-refractivity contribution in [3.05, 3.63) is 35.5 Å². The molecule has 4 heteroatoms. The monoisotopic (exact) mass is 342 g/mol. The molecule has 1 fully saturated rings. The lowest BCUT2D eigenvalue weighted by Gasteiger charge is -2.34. The highest BCUT2D eigenvalue weighted by Gasteiger charge is 2.29. The van der Waals surface area contributed by atoms with Gasteiger partial charge < -0.3 is 14.6 Å². The normalized spacial score (nSPS) is 17.4. The Morgan fingerprint density at radius 3 is 2.56 bits per heavy atom. The number of rotatable bonds is 4. The summed E-state index contributed by atoms with van der Waals surface area (Å²) in [6.45, 7) is 7.84. The predicted molar refractivity (Wildman–Crippen MR) is 102 cm³/mol. The molecule has 1 N–H and O–H groups in total. The molecule has 25 heavy (non-hydrogen) atoms. The Balaban J connectivity index is 1.71. The number of nitrogens with zero attached hydrogens (tertiary/aromatic N) is 2. The van der Waals surface area contributed by atoms with Crippen LogP contribution < -0.4 is 0 Å². The molecule has 0 saturated carbocycles. The number of aliphatic hydroxyl groups excluding tert-OH is 1. The van der Waals surface area contributed by atoms with E-state index in [1.807, 2.05) is 28.6 Å². The van der Waals surface area contributed by atoms with E-state index in [9.17, 15) is 9.90 Å². The molecule has 2 aromatic rings. The van der Waals surface area contributed by atoms with Gasteiger partial charge in [-0.25, -0.2) is 0 Å². The van der Waals surface area contributed by atoms with E-state index in [-0.39, 0.29) is 12.0 Å². The number of benzene rings is 1. The number of fused-ring (bicyclic) bond motifs is 1. The highest BCUT2D eigenvalue weighted by atomic mass is 16.3. The Kier molecular flexibility index (Phi) is 5.19. The largest absolute Gasteiger partial charge is 0.393 e. The summed E-state index contributed by atoms with van der Waals surface area (Å²) in [7, 11) is 1.97. The van der Waals surface area contributed by atoms with Crippen LogP contribution in [-0.4, -0.2) is 39.7 Å². The number of aliphatic hydroxyl groups is 1. The average molecular weight is 342 g/mol. The first-order chi connectivity index (χ1) is 11.9. The lowest BCUT2D eigenvalue weighted by Crippen LogP contribution is -2.42. The Hall–Kier alpha value is -1.81. The fourth-order valence-corrected chi connectivity index (χ4v) is 4.04. The summed E-state index contributed by atoms with van der Waals surface area (Å²) in [5.41, 5.74) is 3.05. The predicted octanol–water partition coefficient (Wildman–Crippen LogP) is 3.75. The van der Waals surface area contributed by atoms with Gasteiger partial charge in [-0.15, -0.1) is 0 Å². The van der Waals surface area contributed by atoms with Gasteiger partial charge >= 0.3 is 0 Å². The third-order valence-corrected chi connectivity index (χ3v) is 5.61. The van der Waals surface area contributed by atoms with Gasteiger partial charge in [-0.3, -0.25) is 4.79 Å². The number of carbonyl (C=O) groups is 1. The van der Waals surface area contributed by atoms with E-state index < -0.39 is 0 Å². The van der Waals surface area contributed by atoms with Gasteiger partial charge in [0.2, 0.25) is 0 Å². The van der Waals surface area contributed by atoms with Crippen molar-refractivity contribution in [1.29, 1.82) is 0 Å². The number of aryl methyl sites for hydroxylation is 2. The zero-order chi connectivity index (χ0) is 18.1. The van der Waals surface area contributed by atoms with E-state index in [4.69, 9.17) is 0 Å². The van der Waals surface area contributed by atoms with E-state index in [1.165, 1.54) is 5.56 Å². The Morgan fingerprint density at radius 2 is 1.96 bits per heavy atom. The van der Waals surface area contributed by atoms with Crippen LogP contribution in [0.15, 0.2) is 24.3 Å². The van der Waals surface area contributed by atoms with Gasteiger partial charge in [0.05, 0.1) is 6.10 Å². The lowest BCUT2D eigenvalue weighted by atomic mass is 9.87. The van der Waals surface area contributed by atoms with Gasteiger partial charge in [0.15, 0.2) is 0 Å². The smallest absolute Gasteiger partial charge is 0.270 e. The van der Waals surface area contributed by atoms with E-state index >= 15 is 0 Å². The second kappa shape index (κ2) is 7.20. The summed E-state index contributed by atoms with van der Waals surface area (Å²) in [6.07, 6.45) is 2.39. The van der Waals surface area contributed by atoms with Crippen LogP contribution in [0.4, 0.5) is 0 Å². The van der Waals surface area contributed by atoms with Gasteiger partial charge in [0.1, 0.15) is 5.69 Å². The fraction of sp³-hybridized carbons (Fsp3) is 0.571. The molecule has 1 aliphatic rings. The van der Waals surface area contributed by atoms with Gasteiger partial charge in [-0.05, 0) is 55.7 Å². The molecule has 136 valence electrons. The number of carbonyl (C=O) groups excluding carboxylic acids is 1. The molecule has 1 aromatic carbocycles. The quantitative estimate of drug-likeness (QED) is 0.920. The molecule has 4 nitrogen and oxygen atoms in total. The van der Waals surface area contributed by atoms with Gasteiger partial charge in [0.25, 0.3) is 5.91 Å². The molecule has 2 heterocycles. The summed E-state index contributed by atoms with van der Waals surface area (Å²) >= 11 is 0. The van der Waals surface area contributed by atoms with Gasteiger partial charge in [-0.2, -0.15) is 0 Å². The first-order valence-corrected chi connectivity index (χ1v) is 9.41. The third-order valence-electron chi connectivity index (χ3n) is 5.61. The Labute approximate surface area is 150 Å². The van der Waals surface area contributed by atoms with Crippen LogP contribution in [0, 0.1) is 18.8 Å². The van der Waals surface area contributed by atoms with Crippen LogP contribution in [-0.2, 0) is 7.05 Å². The van der Waals surface area contributed by atoms with Gasteiger partial charge in [-0.1, -0.05) is 26.0 Å². The van der Waals surface area contributed by atoms with Crippen LogP contribution in [0.3, 0.4) is 0 Å². The molecule has 0 radical (unpaired) electrons. The minimum Gasteiger partial charge on any atom is -0.393 e. The lowest BCUT2D eigenvalue weighted by molar-refractivity contribution is 0.0381. The fourth-order valence-electron chi connectivity index (χ4n) is 4.04. The highest BCUT2D eigenvalue weighted by molar-refractivity contribution is 5.99. The zero-order valence-electron chi connectivity index (χ0n) is 15.8. The molecule has 1 amide bonds. The summed E-state index contributed by atoms with van der Waals surface area (Å²) in [5, 5.41) is 11.5. The van der Waals surface area contributed by atoms with Crippen molar-refractivity contribution in [2.24, 2.45) is 18.9 Å². The molecule has 0 spiro atoms. The van der Waals surface area contributed by atoms with Crippen molar-refractivity contribution in [2.45, 2.75) is 46.1 Å². The summed E-state index contributed by atoms with van der Waals surface area (Å²) in [6, 6.07) is 8.20. The molecule has 3 rings (SSSR count). The molecular formula is C21H30N2O2. The van der Waals surface area contributed by atoms with Crippen molar-refractivity contribution in [3.63, 3.8) is 0 Å². The molecule has 0 unspecified atom stereocenters. The van der Waals surface area contributed by atoms with Gasteiger partial charge in [0, 0.05) is 31.0 Å². The maximum absolute atomic E-state index is 13.0. The van der Waals surface area contributed by atoms with Crippen LogP contribution in [0.5, 0.6) is 0 Å². The number of piperidine rings is 1. The van der Waals surface area contributed by atoms with Crippen molar-refractivity contribution >= 4 is 16.8 Å². The Morgan fingerprint density at radius 1 is 1.28 bits per heavy atom. The van der Waals surface area contributed by atoms with E-state index in [0.717, 1.165) is 48.9 Å². The summed E-state index contributed by atoms with van der Waals surface area (Å²) < 4.78 is 2.00. The molecule has 1 aliphatic heterocycles. The molecule has 1 aromatic heterocycles. The number of amides is 1. The second-order valence-corrected chi connectivity index (χ2v) is 7.92. The molecular weight excluding hydrogens is 312 g/mol. The Bertz CT molecular complexity index is 755. The zero-order valence-corrected chi connectivity index (χ0v) is 15.8. The van der Waals surface area contributed by atoms with Crippen LogP contribution in [0.25, 0.3) is 10.9 Å². The number of likely N-dealkylation sites (tertiary alicyclic amines) is 1. The maximum Gasteiger partial charge on any atom is 0.270 e. The minimum atomic E-state index is -0.238. The average Bonchev–Trinajstić information content (AvgIpc) is 2.92. The van der Waals surface area contributed by atoms with Crippen molar-refractivity contribution < 1.29 is 9.90 Å². The summed E-state index contributed by atoms with van der Waals surface area (Å²) in [5.74, 6) is 0.935. The van der Waals surface area contributed by atoms with E-state index in [2.05, 4.69) is 32.9 Å². The SMILES string of the molecule is Cc1cccc2c1cc(C(=O)N1CCC([C@H](O)CC(C)C)CC1)n2C. The number of aromatic nitrogens is 1. The number of hydrogen-bond donors (Lipinski definition) is 1. The second-order valence-electron chi connectivity index (χ2n) is 7.92. The van der Waals surface area contributed by atoms with Crippen LogP contribution in [0.1, 0.15) is 49.2 Å². The summed E-state index contributed by atoms with van der Waals surface area (Å²) in [4.78, 5) is 14.9. The molecule has 0 aliphatic carbocycles. The topological polar surface area (TPSA) is 45.5 Å². The van der Waals surface area contributed by atoms with Crippen LogP contribution in [0.2, 0.25) is 0 Å². The highest BCUT2D eigenvalue weighted by Crippen LogP contribution is 2.27. The van der Waals surface area contributed by atoms with Crippen molar-refractivity contribution in [1.82, 2.24) is 9.47 Å². The standard InChI is InChI=1S/C21H30N2O2/c1-14(2)12-20(24)16-8-10-23(11-9-16)21(25)19-13-17-15(3)6-5-7-18(17)22(19)4/h5-7,13-14,16,20,24H,8-12H2,1-4H3/t20-/m1/s1.